The second-order valence-corrected chi connectivity index (χ2v) is 8.14. The highest BCUT2D eigenvalue weighted by atomic mass is 32.2. The normalized spacial score (nSPS) is 30.8. The van der Waals surface area contributed by atoms with E-state index in [4.69, 9.17) is 9.47 Å². The molecule has 0 spiro atoms. The lowest BCUT2D eigenvalue weighted by atomic mass is 10.1. The van der Waals surface area contributed by atoms with Crippen LogP contribution in [-0.4, -0.2) is 60.5 Å². The molecule has 0 saturated carbocycles. The van der Waals surface area contributed by atoms with Gasteiger partial charge in [0.2, 0.25) is 0 Å². The molecule has 0 unspecified atom stereocenters. The molecular formula is C14H27NO2S. The van der Waals surface area contributed by atoms with Gasteiger partial charge in [-0.15, -0.1) is 0 Å². The average Bonchev–Trinajstić information content (AvgIpc) is 2.81. The zero-order chi connectivity index (χ0) is 13.0. The molecule has 0 aliphatic carbocycles. The molecule has 0 aromatic rings. The summed E-state index contributed by atoms with van der Waals surface area (Å²) >= 11 is 2.05. The minimum absolute atomic E-state index is 0.306. The summed E-state index contributed by atoms with van der Waals surface area (Å²) in [5.41, 5.74) is 0. The minimum Gasteiger partial charge on any atom is -0.375 e. The molecule has 0 aromatic carbocycles. The molecule has 2 aliphatic rings. The van der Waals surface area contributed by atoms with E-state index in [1.807, 2.05) is 11.8 Å². The minimum atomic E-state index is 0.306. The molecule has 0 N–H and O–H groups in total. The molecule has 0 aromatic heterocycles. The summed E-state index contributed by atoms with van der Waals surface area (Å²) < 4.78 is 12.0. The van der Waals surface area contributed by atoms with E-state index in [0.717, 1.165) is 26.3 Å². The van der Waals surface area contributed by atoms with Crippen molar-refractivity contribution in [2.75, 3.05) is 38.6 Å². The Bertz CT molecular complexity index is 249. The van der Waals surface area contributed by atoms with Crippen LogP contribution >= 0.6 is 11.8 Å². The van der Waals surface area contributed by atoms with Crippen LogP contribution in [0.4, 0.5) is 0 Å². The van der Waals surface area contributed by atoms with Crippen molar-refractivity contribution in [3.63, 3.8) is 0 Å². The first kappa shape index (κ1) is 14.6. The summed E-state index contributed by atoms with van der Waals surface area (Å²) in [7, 11) is 0. The molecule has 2 atom stereocenters. The van der Waals surface area contributed by atoms with Crippen LogP contribution in [0.3, 0.4) is 0 Å². The van der Waals surface area contributed by atoms with E-state index in [1.54, 1.807) is 0 Å². The fraction of sp³-hybridized carbons (Fsp3) is 1.00. The number of hydrogen-bond acceptors (Lipinski definition) is 4. The lowest BCUT2D eigenvalue weighted by molar-refractivity contribution is -0.0930. The molecule has 2 heterocycles. The predicted molar refractivity (Wildman–Crippen MR) is 77.4 cm³/mol. The topological polar surface area (TPSA) is 21.7 Å². The van der Waals surface area contributed by atoms with Crippen LogP contribution in [0.1, 0.15) is 33.6 Å². The van der Waals surface area contributed by atoms with Crippen LogP contribution in [0.15, 0.2) is 0 Å². The van der Waals surface area contributed by atoms with Crippen LogP contribution in [-0.2, 0) is 9.47 Å². The molecule has 2 fully saturated rings. The SMILES string of the molecule is CC(C)(C)SCCN1CCO[C@H]([C@@H]2CCCO2)C1. The summed E-state index contributed by atoms with van der Waals surface area (Å²) in [6, 6.07) is 0. The van der Waals surface area contributed by atoms with Crippen molar-refractivity contribution in [2.24, 2.45) is 0 Å². The smallest absolute Gasteiger partial charge is 0.0963 e. The van der Waals surface area contributed by atoms with E-state index in [-0.39, 0.29) is 0 Å². The predicted octanol–water partition coefficient (Wildman–Crippen LogP) is 2.40. The molecule has 106 valence electrons. The largest absolute Gasteiger partial charge is 0.375 e. The van der Waals surface area contributed by atoms with Crippen molar-refractivity contribution in [1.29, 1.82) is 0 Å². The Morgan fingerprint density at radius 1 is 1.17 bits per heavy atom. The summed E-state index contributed by atoms with van der Waals surface area (Å²) in [4.78, 5) is 2.54. The second kappa shape index (κ2) is 6.60. The molecule has 0 radical (unpaired) electrons. The van der Waals surface area contributed by atoms with Gasteiger partial charge in [0.25, 0.3) is 0 Å². The fourth-order valence-electron chi connectivity index (χ4n) is 2.54. The zero-order valence-corrected chi connectivity index (χ0v) is 12.8. The number of thioether (sulfide) groups is 1. The first-order valence-electron chi connectivity index (χ1n) is 7.14. The molecule has 18 heavy (non-hydrogen) atoms. The second-order valence-electron chi connectivity index (χ2n) is 6.22. The van der Waals surface area contributed by atoms with Gasteiger partial charge in [-0.05, 0) is 12.8 Å². The van der Waals surface area contributed by atoms with Gasteiger partial charge in [0.1, 0.15) is 0 Å². The van der Waals surface area contributed by atoms with E-state index >= 15 is 0 Å². The Labute approximate surface area is 116 Å². The van der Waals surface area contributed by atoms with E-state index < -0.39 is 0 Å². The van der Waals surface area contributed by atoms with Crippen molar-refractivity contribution >= 4 is 11.8 Å². The van der Waals surface area contributed by atoms with E-state index in [1.165, 1.54) is 25.1 Å². The molecule has 2 saturated heterocycles. The number of hydrogen-bond donors (Lipinski definition) is 0. The molecule has 2 aliphatic heterocycles. The van der Waals surface area contributed by atoms with Crippen LogP contribution in [0.25, 0.3) is 0 Å². The van der Waals surface area contributed by atoms with Gasteiger partial charge in [-0.3, -0.25) is 4.90 Å². The van der Waals surface area contributed by atoms with Gasteiger partial charge >= 0.3 is 0 Å². The van der Waals surface area contributed by atoms with Crippen molar-refractivity contribution in [3.05, 3.63) is 0 Å². The quantitative estimate of drug-likeness (QED) is 0.784. The highest BCUT2D eigenvalue weighted by Gasteiger charge is 2.30. The van der Waals surface area contributed by atoms with Gasteiger partial charge in [-0.25, -0.2) is 0 Å². The highest BCUT2D eigenvalue weighted by Crippen LogP contribution is 2.24. The van der Waals surface area contributed by atoms with Crippen LogP contribution in [0.2, 0.25) is 0 Å². The molecule has 2 rings (SSSR count). The molecule has 0 amide bonds. The summed E-state index contributed by atoms with van der Waals surface area (Å²) in [6.45, 7) is 11.9. The molecular weight excluding hydrogens is 246 g/mol. The van der Waals surface area contributed by atoms with E-state index in [9.17, 15) is 0 Å². The van der Waals surface area contributed by atoms with Gasteiger partial charge < -0.3 is 9.47 Å². The Hall–Kier alpha value is 0.230. The van der Waals surface area contributed by atoms with Crippen molar-refractivity contribution in [2.45, 2.75) is 50.6 Å². The third-order valence-corrected chi connectivity index (χ3v) is 4.75. The highest BCUT2D eigenvalue weighted by molar-refractivity contribution is 8.00. The van der Waals surface area contributed by atoms with Gasteiger partial charge in [0.05, 0.1) is 18.8 Å². The maximum atomic E-state index is 5.87. The molecule has 4 heteroatoms. The van der Waals surface area contributed by atoms with E-state index in [0.29, 0.717) is 17.0 Å². The Morgan fingerprint density at radius 3 is 2.61 bits per heavy atom. The Balaban J connectivity index is 1.69. The Kier molecular flexibility index (Phi) is 5.36. The molecule has 3 nitrogen and oxygen atoms in total. The van der Waals surface area contributed by atoms with Gasteiger partial charge in [-0.1, -0.05) is 20.8 Å². The maximum Gasteiger partial charge on any atom is 0.0963 e. The van der Waals surface area contributed by atoms with Crippen LogP contribution in [0, 0.1) is 0 Å². The van der Waals surface area contributed by atoms with Crippen LogP contribution < -0.4 is 0 Å². The van der Waals surface area contributed by atoms with Gasteiger partial charge in [0, 0.05) is 36.7 Å². The first-order chi connectivity index (χ1) is 8.54. The van der Waals surface area contributed by atoms with Crippen molar-refractivity contribution in [3.8, 4) is 0 Å². The fourth-order valence-corrected chi connectivity index (χ4v) is 3.50. The monoisotopic (exact) mass is 273 g/mol. The Morgan fingerprint density at radius 2 is 1.94 bits per heavy atom. The lowest BCUT2D eigenvalue weighted by Crippen LogP contribution is -2.48. The van der Waals surface area contributed by atoms with Crippen molar-refractivity contribution in [1.82, 2.24) is 4.90 Å². The number of ether oxygens (including phenoxy) is 2. The lowest BCUT2D eigenvalue weighted by Gasteiger charge is -2.35. The summed E-state index contributed by atoms with van der Waals surface area (Å²) in [6.07, 6.45) is 3.03. The summed E-state index contributed by atoms with van der Waals surface area (Å²) in [5, 5.41) is 0. The first-order valence-corrected chi connectivity index (χ1v) is 8.13. The number of morpholine rings is 1. The standard InChI is InChI=1S/C14H27NO2S/c1-14(2,3)18-10-7-15-6-9-17-13(11-15)12-5-4-8-16-12/h12-13H,4-11H2,1-3H3/t12-,13-/m0/s1. The third-order valence-electron chi connectivity index (χ3n) is 3.50. The van der Waals surface area contributed by atoms with Gasteiger partial charge in [0.15, 0.2) is 0 Å². The van der Waals surface area contributed by atoms with Gasteiger partial charge in [-0.2, -0.15) is 11.8 Å². The van der Waals surface area contributed by atoms with Crippen molar-refractivity contribution < 1.29 is 9.47 Å². The number of nitrogens with zero attached hydrogens (tertiary/aromatic N) is 1. The third kappa shape index (κ3) is 4.72. The zero-order valence-electron chi connectivity index (χ0n) is 12.0. The molecule has 0 bridgehead atoms. The van der Waals surface area contributed by atoms with Crippen LogP contribution in [0.5, 0.6) is 0 Å². The maximum absolute atomic E-state index is 5.87. The van der Waals surface area contributed by atoms with E-state index in [2.05, 4.69) is 25.7 Å². The summed E-state index contributed by atoms with van der Waals surface area (Å²) in [5.74, 6) is 1.21. The average molecular weight is 273 g/mol. The number of rotatable bonds is 4.